The Morgan fingerprint density at radius 2 is 2.00 bits per heavy atom. The van der Waals surface area contributed by atoms with Crippen molar-refractivity contribution in [2.75, 3.05) is 12.4 Å². The molecule has 1 aromatic carbocycles. The van der Waals surface area contributed by atoms with Gasteiger partial charge in [0.1, 0.15) is 5.75 Å². The molecule has 0 fully saturated rings. The molecule has 0 aromatic heterocycles. The number of halogens is 2. The van der Waals surface area contributed by atoms with Crippen molar-refractivity contribution < 1.29 is 18.3 Å². The number of carbonyl (C=O) groups is 1. The van der Waals surface area contributed by atoms with Gasteiger partial charge in [-0.1, -0.05) is 6.07 Å². The van der Waals surface area contributed by atoms with E-state index in [0.717, 1.165) is 5.56 Å². The van der Waals surface area contributed by atoms with E-state index in [0.29, 0.717) is 17.0 Å². The van der Waals surface area contributed by atoms with Crippen LogP contribution in [0.2, 0.25) is 0 Å². The van der Waals surface area contributed by atoms with Crippen LogP contribution in [0.25, 0.3) is 0 Å². The summed E-state index contributed by atoms with van der Waals surface area (Å²) in [6.45, 7) is 3.54. The maximum Gasteiger partial charge on any atom is 0.315 e. The second kappa shape index (κ2) is 4.92. The second-order valence-electron chi connectivity index (χ2n) is 3.38. The lowest BCUT2D eigenvalue weighted by atomic mass is 10.1. The molecule has 0 bridgehead atoms. The van der Waals surface area contributed by atoms with E-state index in [1.165, 1.54) is 7.11 Å². The molecule has 88 valence electrons. The molecule has 0 spiro atoms. The average Bonchev–Trinajstić information content (AvgIpc) is 2.22. The van der Waals surface area contributed by atoms with E-state index in [4.69, 9.17) is 4.74 Å². The van der Waals surface area contributed by atoms with Gasteiger partial charge in [0.25, 0.3) is 5.91 Å². The molecule has 3 nitrogen and oxygen atoms in total. The number of hydrogen-bond acceptors (Lipinski definition) is 2. The Morgan fingerprint density at radius 1 is 1.38 bits per heavy atom. The normalized spacial score (nSPS) is 10.4. The summed E-state index contributed by atoms with van der Waals surface area (Å²) >= 11 is 0. The lowest BCUT2D eigenvalue weighted by Crippen LogP contribution is -2.20. The molecule has 0 aliphatic heterocycles. The van der Waals surface area contributed by atoms with Gasteiger partial charge < -0.3 is 10.1 Å². The van der Waals surface area contributed by atoms with Gasteiger partial charge in [-0.2, -0.15) is 8.78 Å². The summed E-state index contributed by atoms with van der Waals surface area (Å²) in [7, 11) is 1.49. The fraction of sp³-hybridized carbons (Fsp3) is 0.364. The zero-order chi connectivity index (χ0) is 12.3. The summed E-state index contributed by atoms with van der Waals surface area (Å²) in [6, 6.07) is 3.28. The number of rotatable bonds is 3. The fourth-order valence-electron chi connectivity index (χ4n) is 1.46. The zero-order valence-electron chi connectivity index (χ0n) is 9.30. The molecule has 0 atom stereocenters. The van der Waals surface area contributed by atoms with Gasteiger partial charge >= 0.3 is 6.43 Å². The van der Waals surface area contributed by atoms with Crippen molar-refractivity contribution in [3.05, 3.63) is 23.3 Å². The van der Waals surface area contributed by atoms with Crippen molar-refractivity contribution in [3.63, 3.8) is 0 Å². The molecule has 1 N–H and O–H groups in total. The van der Waals surface area contributed by atoms with E-state index in [1.807, 2.05) is 6.92 Å². The number of anilines is 1. The van der Waals surface area contributed by atoms with Crippen molar-refractivity contribution >= 4 is 11.6 Å². The number of hydrogen-bond donors (Lipinski definition) is 1. The van der Waals surface area contributed by atoms with E-state index in [-0.39, 0.29) is 0 Å². The van der Waals surface area contributed by atoms with Crippen molar-refractivity contribution in [1.82, 2.24) is 0 Å². The number of carbonyl (C=O) groups excluding carboxylic acids is 1. The van der Waals surface area contributed by atoms with Gasteiger partial charge in [0.05, 0.1) is 7.11 Å². The van der Waals surface area contributed by atoms with Crippen LogP contribution in [-0.2, 0) is 4.79 Å². The Hall–Kier alpha value is -1.65. The number of benzene rings is 1. The van der Waals surface area contributed by atoms with Crippen LogP contribution >= 0.6 is 0 Å². The van der Waals surface area contributed by atoms with Gasteiger partial charge in [0.15, 0.2) is 0 Å². The lowest BCUT2D eigenvalue weighted by molar-refractivity contribution is -0.126. The number of amides is 1. The van der Waals surface area contributed by atoms with Crippen LogP contribution in [0.3, 0.4) is 0 Å². The smallest absolute Gasteiger partial charge is 0.315 e. The van der Waals surface area contributed by atoms with E-state index in [2.05, 4.69) is 5.32 Å². The fourth-order valence-corrected chi connectivity index (χ4v) is 1.46. The van der Waals surface area contributed by atoms with Crippen LogP contribution in [0.4, 0.5) is 14.5 Å². The average molecular weight is 229 g/mol. The molecule has 0 heterocycles. The number of ether oxygens (including phenoxy) is 1. The highest BCUT2D eigenvalue weighted by molar-refractivity contribution is 5.94. The van der Waals surface area contributed by atoms with Crippen molar-refractivity contribution in [3.8, 4) is 5.75 Å². The molecule has 0 aliphatic carbocycles. The molecule has 1 rings (SSSR count). The lowest BCUT2D eigenvalue weighted by Gasteiger charge is -2.13. The Balaban J connectivity index is 3.03. The van der Waals surface area contributed by atoms with Gasteiger partial charge in [-0.15, -0.1) is 0 Å². The summed E-state index contributed by atoms with van der Waals surface area (Å²) in [4.78, 5) is 10.8. The van der Waals surface area contributed by atoms with E-state index < -0.39 is 12.3 Å². The third-order valence-electron chi connectivity index (χ3n) is 2.26. The van der Waals surface area contributed by atoms with Gasteiger partial charge in [-0.25, -0.2) is 0 Å². The highest BCUT2D eigenvalue weighted by Crippen LogP contribution is 2.29. The zero-order valence-corrected chi connectivity index (χ0v) is 9.30. The van der Waals surface area contributed by atoms with Gasteiger partial charge in [0.2, 0.25) is 0 Å². The van der Waals surface area contributed by atoms with Crippen LogP contribution in [0.5, 0.6) is 5.75 Å². The number of methoxy groups -OCH3 is 1. The van der Waals surface area contributed by atoms with Crippen molar-refractivity contribution in [2.24, 2.45) is 0 Å². The van der Waals surface area contributed by atoms with Crippen LogP contribution in [0.15, 0.2) is 12.1 Å². The quantitative estimate of drug-likeness (QED) is 0.864. The predicted octanol–water partition coefficient (Wildman–Crippen LogP) is 2.52. The molecule has 1 aromatic rings. The molecule has 1 amide bonds. The topological polar surface area (TPSA) is 38.3 Å². The molecule has 0 unspecified atom stereocenters. The highest BCUT2D eigenvalue weighted by Gasteiger charge is 2.17. The molecular formula is C11H13F2NO2. The van der Waals surface area contributed by atoms with Gasteiger partial charge in [-0.3, -0.25) is 4.79 Å². The minimum absolute atomic E-state index is 0.341. The van der Waals surface area contributed by atoms with Crippen molar-refractivity contribution in [2.45, 2.75) is 20.3 Å². The minimum Gasteiger partial charge on any atom is -0.496 e. The van der Waals surface area contributed by atoms with Crippen LogP contribution in [0, 0.1) is 13.8 Å². The number of aryl methyl sites for hydroxylation is 1. The maximum absolute atomic E-state index is 12.1. The number of nitrogens with one attached hydrogen (secondary N) is 1. The van der Waals surface area contributed by atoms with E-state index >= 15 is 0 Å². The predicted molar refractivity (Wildman–Crippen MR) is 57.1 cm³/mol. The third kappa shape index (κ3) is 2.48. The van der Waals surface area contributed by atoms with E-state index in [1.54, 1.807) is 19.1 Å². The van der Waals surface area contributed by atoms with E-state index in [9.17, 15) is 13.6 Å². The van der Waals surface area contributed by atoms with Crippen LogP contribution < -0.4 is 10.1 Å². The first-order valence-corrected chi connectivity index (χ1v) is 4.70. The molecule has 0 radical (unpaired) electrons. The first-order valence-electron chi connectivity index (χ1n) is 4.70. The van der Waals surface area contributed by atoms with Crippen molar-refractivity contribution in [1.29, 1.82) is 0 Å². The van der Waals surface area contributed by atoms with Gasteiger partial charge in [0, 0.05) is 11.3 Å². The minimum atomic E-state index is -3.02. The molecular weight excluding hydrogens is 216 g/mol. The summed E-state index contributed by atoms with van der Waals surface area (Å²) in [5.41, 5.74) is 1.86. The third-order valence-corrected chi connectivity index (χ3v) is 2.26. The van der Waals surface area contributed by atoms with Gasteiger partial charge in [-0.05, 0) is 25.5 Å². The molecule has 0 aliphatic rings. The molecule has 0 saturated heterocycles. The standard InChI is InChI=1S/C11H13F2NO2/c1-6-4-5-8(7(2)9(6)16-3)14-11(15)10(12)13/h4-5,10H,1-3H3,(H,14,15). The Labute approximate surface area is 92.4 Å². The molecule has 0 saturated carbocycles. The second-order valence-corrected chi connectivity index (χ2v) is 3.38. The maximum atomic E-state index is 12.1. The van der Waals surface area contributed by atoms with Crippen LogP contribution in [-0.4, -0.2) is 19.4 Å². The first kappa shape index (κ1) is 12.4. The first-order chi connectivity index (χ1) is 7.47. The Kier molecular flexibility index (Phi) is 3.82. The summed E-state index contributed by atoms with van der Waals surface area (Å²) in [6.07, 6.45) is -3.02. The summed E-state index contributed by atoms with van der Waals surface area (Å²) in [5, 5.41) is 2.14. The molecule has 16 heavy (non-hydrogen) atoms. The summed E-state index contributed by atoms with van der Waals surface area (Å²) < 4.78 is 29.2. The summed E-state index contributed by atoms with van der Waals surface area (Å²) in [5.74, 6) is -0.721. The number of alkyl halides is 2. The van der Waals surface area contributed by atoms with Crippen LogP contribution in [0.1, 0.15) is 11.1 Å². The molecule has 5 heteroatoms. The monoisotopic (exact) mass is 229 g/mol. The largest absolute Gasteiger partial charge is 0.496 e. The highest BCUT2D eigenvalue weighted by atomic mass is 19.3. The SMILES string of the molecule is COc1c(C)ccc(NC(=O)C(F)F)c1C. The Bertz CT molecular complexity index is 405. The Morgan fingerprint density at radius 3 is 2.50 bits per heavy atom.